The summed E-state index contributed by atoms with van der Waals surface area (Å²) in [6, 6.07) is 8.08. The lowest BCUT2D eigenvalue weighted by atomic mass is 9.89. The van der Waals surface area contributed by atoms with Crippen molar-refractivity contribution in [2.24, 2.45) is 11.1 Å². The molecular weight excluding hydrogens is 226 g/mol. The Hall–Kier alpha value is -0.180. The van der Waals surface area contributed by atoms with Crippen LogP contribution in [-0.4, -0.2) is 11.8 Å². The molecule has 3 heteroatoms. The third-order valence-corrected chi connectivity index (χ3v) is 3.69. The minimum atomic E-state index is 0.158. The van der Waals surface area contributed by atoms with E-state index in [4.69, 9.17) is 17.3 Å². The van der Waals surface area contributed by atoms with Crippen LogP contribution in [0, 0.1) is 5.41 Å². The molecule has 0 aromatic heterocycles. The zero-order valence-corrected chi connectivity index (χ0v) is 11.0. The molecule has 1 rings (SSSR count). The predicted octanol–water partition coefficient (Wildman–Crippen LogP) is 3.81. The van der Waals surface area contributed by atoms with Gasteiger partial charge in [-0.25, -0.2) is 0 Å². The SMILES string of the molecule is CC(C)(C)C(N)CSc1cccc(Cl)c1. The minimum absolute atomic E-state index is 0.158. The second-order valence-corrected chi connectivity index (χ2v) is 6.27. The van der Waals surface area contributed by atoms with Crippen molar-refractivity contribution < 1.29 is 0 Å². The molecule has 0 saturated carbocycles. The normalized spacial score (nSPS) is 13.9. The summed E-state index contributed by atoms with van der Waals surface area (Å²) in [6.45, 7) is 6.49. The van der Waals surface area contributed by atoms with E-state index in [2.05, 4.69) is 26.8 Å². The third kappa shape index (κ3) is 4.45. The quantitative estimate of drug-likeness (QED) is 0.818. The Bertz CT molecular complexity index is 320. The van der Waals surface area contributed by atoms with Crippen molar-refractivity contribution >= 4 is 23.4 Å². The monoisotopic (exact) mass is 243 g/mol. The van der Waals surface area contributed by atoms with Crippen LogP contribution in [0.1, 0.15) is 20.8 Å². The number of nitrogens with two attached hydrogens (primary N) is 1. The minimum Gasteiger partial charge on any atom is -0.326 e. The highest BCUT2D eigenvalue weighted by Gasteiger charge is 2.20. The van der Waals surface area contributed by atoms with Crippen molar-refractivity contribution in [3.63, 3.8) is 0 Å². The summed E-state index contributed by atoms with van der Waals surface area (Å²) < 4.78 is 0. The molecule has 0 saturated heterocycles. The molecule has 0 aliphatic rings. The highest BCUT2D eigenvalue weighted by Crippen LogP contribution is 2.26. The second kappa shape index (κ2) is 5.24. The molecule has 0 spiro atoms. The molecule has 1 nitrogen and oxygen atoms in total. The van der Waals surface area contributed by atoms with Gasteiger partial charge in [-0.3, -0.25) is 0 Å². The maximum Gasteiger partial charge on any atom is 0.0417 e. The molecular formula is C12H18ClNS. The van der Waals surface area contributed by atoms with E-state index in [1.54, 1.807) is 11.8 Å². The van der Waals surface area contributed by atoms with Gasteiger partial charge in [-0.15, -0.1) is 11.8 Å². The molecule has 15 heavy (non-hydrogen) atoms. The first-order valence-corrected chi connectivity index (χ1v) is 6.40. The molecule has 0 radical (unpaired) electrons. The molecule has 1 unspecified atom stereocenters. The number of hydrogen-bond donors (Lipinski definition) is 1. The van der Waals surface area contributed by atoms with Crippen LogP contribution >= 0.6 is 23.4 Å². The summed E-state index contributed by atoms with van der Waals surface area (Å²) >= 11 is 7.67. The molecule has 0 heterocycles. The van der Waals surface area contributed by atoms with Crippen molar-refractivity contribution in [1.29, 1.82) is 0 Å². The summed E-state index contributed by atoms with van der Waals surface area (Å²) in [5, 5.41) is 0.782. The van der Waals surface area contributed by atoms with Crippen LogP contribution in [-0.2, 0) is 0 Å². The fourth-order valence-corrected chi connectivity index (χ4v) is 2.50. The highest BCUT2D eigenvalue weighted by molar-refractivity contribution is 7.99. The van der Waals surface area contributed by atoms with Gasteiger partial charge in [-0.1, -0.05) is 38.4 Å². The van der Waals surface area contributed by atoms with Gasteiger partial charge < -0.3 is 5.73 Å². The molecule has 1 aromatic rings. The third-order valence-electron chi connectivity index (χ3n) is 2.34. The molecule has 1 atom stereocenters. The zero-order valence-electron chi connectivity index (χ0n) is 9.46. The van der Waals surface area contributed by atoms with Gasteiger partial charge in [0.25, 0.3) is 0 Å². The van der Waals surface area contributed by atoms with Crippen LogP contribution in [0.3, 0.4) is 0 Å². The maximum atomic E-state index is 6.08. The first-order valence-electron chi connectivity index (χ1n) is 5.03. The van der Waals surface area contributed by atoms with E-state index >= 15 is 0 Å². The summed E-state index contributed by atoms with van der Waals surface area (Å²) in [7, 11) is 0. The lowest BCUT2D eigenvalue weighted by Crippen LogP contribution is -2.37. The van der Waals surface area contributed by atoms with Crippen LogP contribution < -0.4 is 5.73 Å². The molecule has 0 fully saturated rings. The van der Waals surface area contributed by atoms with Crippen LogP contribution in [0.5, 0.6) is 0 Å². The first kappa shape index (κ1) is 12.9. The van der Waals surface area contributed by atoms with E-state index in [9.17, 15) is 0 Å². The van der Waals surface area contributed by atoms with Crippen molar-refractivity contribution in [3.8, 4) is 0 Å². The zero-order chi connectivity index (χ0) is 11.5. The van der Waals surface area contributed by atoms with Crippen LogP contribution in [0.2, 0.25) is 5.02 Å². The maximum absolute atomic E-state index is 6.08. The van der Waals surface area contributed by atoms with Crippen molar-refractivity contribution in [2.75, 3.05) is 5.75 Å². The standard InChI is InChI=1S/C12H18ClNS/c1-12(2,3)11(14)8-15-10-6-4-5-9(13)7-10/h4-7,11H,8,14H2,1-3H3. The smallest absolute Gasteiger partial charge is 0.0417 e. The molecule has 0 aliphatic carbocycles. The van der Waals surface area contributed by atoms with Gasteiger partial charge >= 0.3 is 0 Å². The Morgan fingerprint density at radius 2 is 2.07 bits per heavy atom. The number of rotatable bonds is 3. The molecule has 84 valence electrons. The highest BCUT2D eigenvalue weighted by atomic mass is 35.5. The summed E-state index contributed by atoms with van der Waals surface area (Å²) in [5.74, 6) is 0.920. The largest absolute Gasteiger partial charge is 0.326 e. The Labute approximate surface area is 101 Å². The van der Waals surface area contributed by atoms with Gasteiger partial charge in [-0.2, -0.15) is 0 Å². The van der Waals surface area contributed by atoms with Crippen molar-refractivity contribution in [2.45, 2.75) is 31.7 Å². The second-order valence-electron chi connectivity index (χ2n) is 4.74. The van der Waals surface area contributed by atoms with Crippen LogP contribution in [0.15, 0.2) is 29.2 Å². The molecule has 0 aliphatic heterocycles. The lowest BCUT2D eigenvalue weighted by molar-refractivity contribution is 0.344. The van der Waals surface area contributed by atoms with E-state index in [1.807, 2.05) is 18.2 Å². The van der Waals surface area contributed by atoms with E-state index in [0.717, 1.165) is 10.8 Å². The fourth-order valence-electron chi connectivity index (χ4n) is 0.993. The topological polar surface area (TPSA) is 26.0 Å². The first-order chi connectivity index (χ1) is 6.89. The fraction of sp³-hybridized carbons (Fsp3) is 0.500. The van der Waals surface area contributed by atoms with Gasteiger partial charge in [0.1, 0.15) is 0 Å². The van der Waals surface area contributed by atoms with Gasteiger partial charge in [0.15, 0.2) is 0 Å². The van der Waals surface area contributed by atoms with Gasteiger partial charge in [0.2, 0.25) is 0 Å². The number of benzene rings is 1. The van der Waals surface area contributed by atoms with E-state index in [0.29, 0.717) is 0 Å². The van der Waals surface area contributed by atoms with E-state index in [1.165, 1.54) is 4.90 Å². The summed E-state index contributed by atoms with van der Waals surface area (Å²) in [5.41, 5.74) is 6.24. The number of hydrogen-bond acceptors (Lipinski definition) is 2. The van der Waals surface area contributed by atoms with Gasteiger partial charge in [-0.05, 0) is 23.6 Å². The van der Waals surface area contributed by atoms with E-state index < -0.39 is 0 Å². The molecule has 0 amide bonds. The Morgan fingerprint density at radius 1 is 1.40 bits per heavy atom. The predicted molar refractivity (Wildman–Crippen MR) is 69.6 cm³/mol. The van der Waals surface area contributed by atoms with Crippen LogP contribution in [0.4, 0.5) is 0 Å². The number of thioether (sulfide) groups is 1. The van der Waals surface area contributed by atoms with Gasteiger partial charge in [0, 0.05) is 21.7 Å². The Balaban J connectivity index is 2.51. The van der Waals surface area contributed by atoms with Crippen molar-refractivity contribution in [3.05, 3.63) is 29.3 Å². The lowest BCUT2D eigenvalue weighted by Gasteiger charge is -2.26. The summed E-state index contributed by atoms with van der Waals surface area (Å²) in [4.78, 5) is 1.18. The van der Waals surface area contributed by atoms with Gasteiger partial charge in [0.05, 0.1) is 0 Å². The summed E-state index contributed by atoms with van der Waals surface area (Å²) in [6.07, 6.45) is 0. The average Bonchev–Trinajstić information content (AvgIpc) is 2.12. The molecule has 1 aromatic carbocycles. The molecule has 0 bridgehead atoms. The Morgan fingerprint density at radius 3 is 2.60 bits per heavy atom. The van der Waals surface area contributed by atoms with Crippen LogP contribution in [0.25, 0.3) is 0 Å². The average molecular weight is 244 g/mol. The number of halogens is 1. The Kier molecular flexibility index (Phi) is 4.50. The van der Waals surface area contributed by atoms with Crippen molar-refractivity contribution in [1.82, 2.24) is 0 Å². The molecule has 2 N–H and O–H groups in total. The van der Waals surface area contributed by atoms with E-state index in [-0.39, 0.29) is 11.5 Å².